The molecule has 0 aromatic carbocycles. The first kappa shape index (κ1) is 9.23. The zero-order valence-electron chi connectivity index (χ0n) is 9.44. The third kappa shape index (κ3) is 0.915. The van der Waals surface area contributed by atoms with Crippen LogP contribution in [0, 0.1) is 11.8 Å². The van der Waals surface area contributed by atoms with Gasteiger partial charge in [0.05, 0.1) is 18.1 Å². The molecular formula is C13H16O3. The zero-order valence-corrected chi connectivity index (χ0v) is 9.44. The number of rotatable bonds is 0. The number of cyclic esters (lactones) is 1. The molecular weight excluding hydrogens is 204 g/mol. The van der Waals surface area contributed by atoms with E-state index in [1.165, 1.54) is 30.4 Å². The molecule has 3 heterocycles. The molecule has 2 bridgehead atoms. The molecule has 4 rings (SSSR count). The van der Waals surface area contributed by atoms with E-state index in [1.54, 1.807) is 0 Å². The molecule has 16 heavy (non-hydrogen) atoms. The van der Waals surface area contributed by atoms with Crippen LogP contribution < -0.4 is 0 Å². The van der Waals surface area contributed by atoms with E-state index in [0.29, 0.717) is 5.92 Å². The largest absolute Gasteiger partial charge is 0.462 e. The van der Waals surface area contributed by atoms with Crippen molar-refractivity contribution in [3.63, 3.8) is 0 Å². The Morgan fingerprint density at radius 3 is 2.56 bits per heavy atom. The number of carbonyl (C=O) groups is 1. The molecule has 5 atom stereocenters. The summed E-state index contributed by atoms with van der Waals surface area (Å²) < 4.78 is 11.4. The number of fused-ring (bicyclic) bond motifs is 7. The molecule has 0 aromatic rings. The van der Waals surface area contributed by atoms with E-state index >= 15 is 0 Å². The van der Waals surface area contributed by atoms with E-state index in [4.69, 9.17) is 9.47 Å². The lowest BCUT2D eigenvalue weighted by molar-refractivity contribution is -0.146. The van der Waals surface area contributed by atoms with Crippen molar-refractivity contribution in [2.45, 2.75) is 50.9 Å². The molecule has 2 fully saturated rings. The van der Waals surface area contributed by atoms with Crippen LogP contribution in [0.3, 0.4) is 0 Å². The normalized spacial score (nSPS) is 49.3. The lowest BCUT2D eigenvalue weighted by Gasteiger charge is -2.28. The minimum absolute atomic E-state index is 0.0110. The Hall–Kier alpha value is -0.830. The van der Waals surface area contributed by atoms with Crippen LogP contribution in [0.15, 0.2) is 11.1 Å². The molecule has 0 saturated carbocycles. The van der Waals surface area contributed by atoms with Crippen LogP contribution in [0.4, 0.5) is 0 Å². The van der Waals surface area contributed by atoms with Gasteiger partial charge in [0.25, 0.3) is 0 Å². The minimum Gasteiger partial charge on any atom is -0.462 e. The first-order chi connectivity index (χ1) is 7.77. The second kappa shape index (κ2) is 2.89. The second-order valence-corrected chi connectivity index (χ2v) is 5.48. The molecule has 3 nitrogen and oxygen atoms in total. The SMILES string of the molecule is CC1OC(=O)C2C3OC(C4=C3CCCC4)C12. The molecule has 5 unspecified atom stereocenters. The van der Waals surface area contributed by atoms with Crippen molar-refractivity contribution in [2.24, 2.45) is 11.8 Å². The van der Waals surface area contributed by atoms with Crippen molar-refractivity contribution in [3.05, 3.63) is 11.1 Å². The number of hydrogen-bond donors (Lipinski definition) is 0. The highest BCUT2D eigenvalue weighted by atomic mass is 16.6. The van der Waals surface area contributed by atoms with Gasteiger partial charge in [-0.05, 0) is 43.8 Å². The van der Waals surface area contributed by atoms with Gasteiger partial charge in [0.2, 0.25) is 0 Å². The van der Waals surface area contributed by atoms with Gasteiger partial charge >= 0.3 is 5.97 Å². The fourth-order valence-electron chi connectivity index (χ4n) is 4.10. The summed E-state index contributed by atoms with van der Waals surface area (Å²) >= 11 is 0. The third-order valence-corrected chi connectivity index (χ3v) is 4.74. The Labute approximate surface area is 94.8 Å². The van der Waals surface area contributed by atoms with Gasteiger partial charge in [0, 0.05) is 5.92 Å². The van der Waals surface area contributed by atoms with E-state index in [9.17, 15) is 4.79 Å². The summed E-state index contributed by atoms with van der Waals surface area (Å²) in [6, 6.07) is 0. The second-order valence-electron chi connectivity index (χ2n) is 5.48. The molecule has 86 valence electrons. The Balaban J connectivity index is 1.79. The van der Waals surface area contributed by atoms with E-state index in [2.05, 4.69) is 0 Å². The molecule has 2 saturated heterocycles. The quantitative estimate of drug-likeness (QED) is 0.461. The van der Waals surface area contributed by atoms with Gasteiger partial charge in [-0.2, -0.15) is 0 Å². The minimum atomic E-state index is -0.0258. The summed E-state index contributed by atoms with van der Waals surface area (Å²) in [5.41, 5.74) is 2.96. The third-order valence-electron chi connectivity index (χ3n) is 4.74. The van der Waals surface area contributed by atoms with Crippen LogP contribution in [0.5, 0.6) is 0 Å². The molecule has 0 radical (unpaired) electrons. The van der Waals surface area contributed by atoms with Crippen molar-refractivity contribution in [1.82, 2.24) is 0 Å². The van der Waals surface area contributed by atoms with Crippen molar-refractivity contribution in [1.29, 1.82) is 0 Å². The fraction of sp³-hybridized carbons (Fsp3) is 0.769. The Morgan fingerprint density at radius 1 is 1.12 bits per heavy atom. The first-order valence-corrected chi connectivity index (χ1v) is 6.35. The summed E-state index contributed by atoms with van der Waals surface area (Å²) in [6.45, 7) is 2.01. The molecule has 3 aliphatic heterocycles. The number of carbonyl (C=O) groups excluding carboxylic acids is 1. The molecule has 0 amide bonds. The van der Waals surface area contributed by atoms with Crippen molar-refractivity contribution >= 4 is 5.97 Å². The van der Waals surface area contributed by atoms with Gasteiger partial charge < -0.3 is 9.47 Å². The van der Waals surface area contributed by atoms with E-state index in [0.717, 1.165) is 6.42 Å². The van der Waals surface area contributed by atoms with Crippen LogP contribution in [0.1, 0.15) is 32.6 Å². The van der Waals surface area contributed by atoms with Crippen molar-refractivity contribution < 1.29 is 14.3 Å². The maximum absolute atomic E-state index is 11.8. The molecule has 1 aliphatic carbocycles. The summed E-state index contributed by atoms with van der Waals surface area (Å²) in [7, 11) is 0. The van der Waals surface area contributed by atoms with Crippen molar-refractivity contribution in [3.8, 4) is 0 Å². The van der Waals surface area contributed by atoms with Crippen LogP contribution in [-0.4, -0.2) is 24.3 Å². The average Bonchev–Trinajstić information content (AvgIpc) is 2.91. The number of esters is 1. The van der Waals surface area contributed by atoms with Crippen LogP contribution in [0.25, 0.3) is 0 Å². The molecule has 0 N–H and O–H groups in total. The Bertz CT molecular complexity index is 398. The van der Waals surface area contributed by atoms with E-state index < -0.39 is 0 Å². The predicted octanol–water partition coefficient (Wildman–Crippen LogP) is 1.82. The summed E-state index contributed by atoms with van der Waals surface area (Å²) in [5, 5.41) is 0. The smallest absolute Gasteiger partial charge is 0.312 e. The average molecular weight is 220 g/mol. The Kier molecular flexibility index (Phi) is 1.67. The summed E-state index contributed by atoms with van der Waals surface area (Å²) in [4.78, 5) is 11.8. The summed E-state index contributed by atoms with van der Waals surface area (Å²) in [5.74, 6) is 0.285. The zero-order chi connectivity index (χ0) is 10.9. The van der Waals surface area contributed by atoms with E-state index in [1.807, 2.05) is 6.92 Å². The van der Waals surface area contributed by atoms with Crippen LogP contribution in [0.2, 0.25) is 0 Å². The highest BCUT2D eigenvalue weighted by Gasteiger charge is 2.62. The Morgan fingerprint density at radius 2 is 1.81 bits per heavy atom. The first-order valence-electron chi connectivity index (χ1n) is 6.35. The standard InChI is InChI=1S/C13H16O3/c1-6-9-10(13(14)15-6)12-8-5-3-2-4-7(8)11(9)16-12/h6,9-12H,2-5H2,1H3. The maximum Gasteiger partial charge on any atom is 0.312 e. The van der Waals surface area contributed by atoms with E-state index in [-0.39, 0.29) is 30.2 Å². The predicted molar refractivity (Wildman–Crippen MR) is 56.7 cm³/mol. The van der Waals surface area contributed by atoms with Gasteiger partial charge in [-0.1, -0.05) is 0 Å². The summed E-state index contributed by atoms with van der Waals surface area (Å²) in [6.07, 6.45) is 5.18. The lowest BCUT2D eigenvalue weighted by atomic mass is 9.71. The number of ether oxygens (including phenoxy) is 2. The van der Waals surface area contributed by atoms with Gasteiger partial charge in [0.15, 0.2) is 0 Å². The van der Waals surface area contributed by atoms with Gasteiger partial charge in [-0.25, -0.2) is 0 Å². The highest BCUT2D eigenvalue weighted by molar-refractivity contribution is 5.78. The fourth-order valence-corrected chi connectivity index (χ4v) is 4.10. The van der Waals surface area contributed by atoms with Crippen LogP contribution in [-0.2, 0) is 14.3 Å². The molecule has 0 aromatic heterocycles. The lowest BCUT2D eigenvalue weighted by Crippen LogP contribution is -2.33. The molecule has 4 aliphatic rings. The van der Waals surface area contributed by atoms with Gasteiger partial charge in [-0.3, -0.25) is 4.79 Å². The molecule has 3 heteroatoms. The number of hydrogen-bond acceptors (Lipinski definition) is 3. The topological polar surface area (TPSA) is 35.5 Å². The van der Waals surface area contributed by atoms with Gasteiger partial charge in [-0.15, -0.1) is 0 Å². The maximum atomic E-state index is 11.8. The van der Waals surface area contributed by atoms with Gasteiger partial charge in [0.1, 0.15) is 6.10 Å². The van der Waals surface area contributed by atoms with Crippen molar-refractivity contribution in [2.75, 3.05) is 0 Å². The van der Waals surface area contributed by atoms with Crippen LogP contribution >= 0.6 is 0 Å². The highest BCUT2D eigenvalue weighted by Crippen LogP contribution is 2.55. The monoisotopic (exact) mass is 220 g/mol. The molecule has 0 spiro atoms.